The molecule has 1 saturated carbocycles. The first kappa shape index (κ1) is 19.2. The Morgan fingerprint density at radius 3 is 2.62 bits per heavy atom. The number of amides is 1. The molecule has 0 bridgehead atoms. The van der Waals surface area contributed by atoms with Crippen molar-refractivity contribution in [2.24, 2.45) is 10.9 Å². The minimum Gasteiger partial charge on any atom is -0.486 e. The van der Waals surface area contributed by atoms with Gasteiger partial charge >= 0.3 is 0 Å². The second-order valence-corrected chi connectivity index (χ2v) is 11.4. The van der Waals surface area contributed by atoms with Crippen molar-refractivity contribution in [3.63, 3.8) is 0 Å². The Balaban J connectivity index is 1.49. The average Bonchev–Trinajstić information content (AvgIpc) is 3.19. The van der Waals surface area contributed by atoms with Crippen molar-refractivity contribution in [2.75, 3.05) is 29.6 Å². The summed E-state index contributed by atoms with van der Waals surface area (Å²) in [6, 6.07) is 5.38. The standard InChI is InChI=1S/C20H24N2O5S2/c23-19(13-4-2-1-3-5-13)21-20-22(15-11-29(24,25)12-18(15)28-20)14-6-7-16-17(10-14)27-9-8-26-16/h6-7,10,13,15,18H,1-5,8-9,11-12H2/t15-,18-/m1/s1. The number of anilines is 1. The molecule has 156 valence electrons. The van der Waals surface area contributed by atoms with Gasteiger partial charge < -0.3 is 14.4 Å². The first-order valence-electron chi connectivity index (χ1n) is 10.2. The Labute approximate surface area is 174 Å². The largest absolute Gasteiger partial charge is 0.486 e. The van der Waals surface area contributed by atoms with Crippen molar-refractivity contribution < 1.29 is 22.7 Å². The van der Waals surface area contributed by atoms with Gasteiger partial charge in [-0.3, -0.25) is 4.79 Å². The summed E-state index contributed by atoms with van der Waals surface area (Å²) in [5.74, 6) is 1.44. The number of carbonyl (C=O) groups excluding carboxylic acids is 1. The summed E-state index contributed by atoms with van der Waals surface area (Å²) in [4.78, 5) is 19.2. The van der Waals surface area contributed by atoms with Crippen molar-refractivity contribution in [1.82, 2.24) is 0 Å². The highest BCUT2D eigenvalue weighted by atomic mass is 32.2. The van der Waals surface area contributed by atoms with E-state index in [1.807, 2.05) is 23.1 Å². The summed E-state index contributed by atoms with van der Waals surface area (Å²) in [5, 5.41) is 0.508. The van der Waals surface area contributed by atoms with Crippen LogP contribution in [-0.2, 0) is 14.6 Å². The quantitative estimate of drug-likeness (QED) is 0.704. The molecular formula is C20H24N2O5S2. The fraction of sp³-hybridized carbons (Fsp3) is 0.600. The van der Waals surface area contributed by atoms with E-state index in [1.165, 1.54) is 18.2 Å². The lowest BCUT2D eigenvalue weighted by Gasteiger charge is -2.27. The number of hydrogen-bond donors (Lipinski definition) is 0. The van der Waals surface area contributed by atoms with Crippen LogP contribution in [0.15, 0.2) is 23.2 Å². The summed E-state index contributed by atoms with van der Waals surface area (Å²) in [6.45, 7) is 0.990. The molecular weight excluding hydrogens is 412 g/mol. The number of ether oxygens (including phenoxy) is 2. The van der Waals surface area contributed by atoms with Crippen LogP contribution in [0.2, 0.25) is 0 Å². The van der Waals surface area contributed by atoms with Crippen LogP contribution in [0, 0.1) is 5.92 Å². The zero-order valence-electron chi connectivity index (χ0n) is 16.1. The van der Waals surface area contributed by atoms with Crippen molar-refractivity contribution in [2.45, 2.75) is 43.4 Å². The Bertz CT molecular complexity index is 956. The molecule has 3 heterocycles. The third kappa shape index (κ3) is 3.74. The van der Waals surface area contributed by atoms with E-state index in [4.69, 9.17) is 9.47 Å². The predicted molar refractivity (Wildman–Crippen MR) is 113 cm³/mol. The van der Waals surface area contributed by atoms with Gasteiger partial charge in [-0.1, -0.05) is 31.0 Å². The fourth-order valence-electron chi connectivity index (χ4n) is 4.58. The van der Waals surface area contributed by atoms with E-state index in [2.05, 4.69) is 4.99 Å². The smallest absolute Gasteiger partial charge is 0.251 e. The summed E-state index contributed by atoms with van der Waals surface area (Å²) >= 11 is 1.42. The van der Waals surface area contributed by atoms with Crippen molar-refractivity contribution in [3.8, 4) is 11.5 Å². The molecule has 29 heavy (non-hydrogen) atoms. The van der Waals surface area contributed by atoms with Gasteiger partial charge in [0.05, 0.1) is 17.5 Å². The first-order chi connectivity index (χ1) is 14.0. The molecule has 1 aromatic rings. The lowest BCUT2D eigenvalue weighted by atomic mass is 9.89. The molecule has 3 fully saturated rings. The minimum absolute atomic E-state index is 0.0110. The Morgan fingerprint density at radius 1 is 1.07 bits per heavy atom. The van der Waals surface area contributed by atoms with E-state index in [-0.39, 0.29) is 34.6 Å². The molecule has 4 aliphatic rings. The molecule has 9 heteroatoms. The number of fused-ring (bicyclic) bond motifs is 2. The van der Waals surface area contributed by atoms with Gasteiger partial charge in [-0.25, -0.2) is 8.42 Å². The third-order valence-corrected chi connectivity index (χ3v) is 9.24. The number of amidine groups is 1. The van der Waals surface area contributed by atoms with Crippen LogP contribution in [0.25, 0.3) is 0 Å². The molecule has 0 aromatic heterocycles. The van der Waals surface area contributed by atoms with E-state index in [0.717, 1.165) is 31.4 Å². The minimum atomic E-state index is -3.09. The Hall–Kier alpha value is -1.74. The van der Waals surface area contributed by atoms with Crippen molar-refractivity contribution in [1.29, 1.82) is 0 Å². The van der Waals surface area contributed by atoms with E-state index in [0.29, 0.717) is 29.9 Å². The second kappa shape index (κ2) is 7.50. The van der Waals surface area contributed by atoms with E-state index < -0.39 is 9.84 Å². The fourth-order valence-corrected chi connectivity index (χ4v) is 8.50. The number of rotatable bonds is 2. The Morgan fingerprint density at radius 2 is 1.83 bits per heavy atom. The molecule has 0 N–H and O–H groups in total. The van der Waals surface area contributed by atoms with Gasteiger partial charge in [0.15, 0.2) is 26.5 Å². The third-order valence-electron chi connectivity index (χ3n) is 6.03. The molecule has 5 rings (SSSR count). The number of nitrogens with zero attached hydrogens (tertiary/aromatic N) is 2. The summed E-state index contributed by atoms with van der Waals surface area (Å²) in [6.07, 6.45) is 5.12. The van der Waals surface area contributed by atoms with Gasteiger partial charge in [0, 0.05) is 22.9 Å². The molecule has 1 aliphatic carbocycles. The monoisotopic (exact) mass is 436 g/mol. The summed E-state index contributed by atoms with van der Waals surface area (Å²) < 4.78 is 35.8. The van der Waals surface area contributed by atoms with Crippen molar-refractivity contribution in [3.05, 3.63) is 18.2 Å². The van der Waals surface area contributed by atoms with Crippen LogP contribution in [-0.4, -0.2) is 55.5 Å². The molecule has 1 amide bonds. The number of benzene rings is 1. The number of carbonyl (C=O) groups is 1. The zero-order valence-corrected chi connectivity index (χ0v) is 17.7. The highest BCUT2D eigenvalue weighted by molar-refractivity contribution is 8.16. The van der Waals surface area contributed by atoms with Crippen LogP contribution < -0.4 is 14.4 Å². The second-order valence-electron chi connectivity index (χ2n) is 8.07. The summed E-state index contributed by atoms with van der Waals surface area (Å²) in [7, 11) is -3.09. The molecule has 0 radical (unpaired) electrons. The average molecular weight is 437 g/mol. The maximum atomic E-state index is 12.8. The highest BCUT2D eigenvalue weighted by Gasteiger charge is 2.49. The van der Waals surface area contributed by atoms with Crippen LogP contribution in [0.1, 0.15) is 32.1 Å². The normalized spacial score (nSPS) is 29.8. The maximum Gasteiger partial charge on any atom is 0.251 e. The van der Waals surface area contributed by atoms with Gasteiger partial charge in [-0.05, 0) is 25.0 Å². The lowest BCUT2D eigenvalue weighted by molar-refractivity contribution is -0.122. The van der Waals surface area contributed by atoms with E-state index in [1.54, 1.807) is 0 Å². The van der Waals surface area contributed by atoms with Gasteiger partial charge in [0.2, 0.25) is 0 Å². The van der Waals surface area contributed by atoms with Gasteiger partial charge in [-0.15, -0.1) is 0 Å². The van der Waals surface area contributed by atoms with Crippen LogP contribution in [0.5, 0.6) is 11.5 Å². The maximum absolute atomic E-state index is 12.8. The van der Waals surface area contributed by atoms with Gasteiger partial charge in [0.25, 0.3) is 5.91 Å². The highest BCUT2D eigenvalue weighted by Crippen LogP contribution is 2.43. The molecule has 0 unspecified atom stereocenters. The Kier molecular flexibility index (Phi) is 4.98. The molecule has 0 spiro atoms. The predicted octanol–water partition coefficient (Wildman–Crippen LogP) is 2.64. The van der Waals surface area contributed by atoms with E-state index in [9.17, 15) is 13.2 Å². The van der Waals surface area contributed by atoms with E-state index >= 15 is 0 Å². The number of thioether (sulfide) groups is 1. The molecule has 7 nitrogen and oxygen atoms in total. The SMILES string of the molecule is O=C(N=C1S[C@@H]2CS(=O)(=O)C[C@H]2N1c1ccc2c(c1)OCCO2)C1CCCCC1. The van der Waals surface area contributed by atoms with Crippen LogP contribution in [0.4, 0.5) is 5.69 Å². The lowest BCUT2D eigenvalue weighted by Crippen LogP contribution is -2.38. The zero-order chi connectivity index (χ0) is 20.0. The topological polar surface area (TPSA) is 85.3 Å². The van der Waals surface area contributed by atoms with Crippen LogP contribution in [0.3, 0.4) is 0 Å². The number of sulfone groups is 1. The van der Waals surface area contributed by atoms with Gasteiger partial charge in [0.1, 0.15) is 13.2 Å². The molecule has 2 saturated heterocycles. The van der Waals surface area contributed by atoms with Crippen LogP contribution >= 0.6 is 11.8 Å². The van der Waals surface area contributed by atoms with Crippen molar-refractivity contribution >= 4 is 38.4 Å². The molecule has 3 aliphatic heterocycles. The van der Waals surface area contributed by atoms with Gasteiger partial charge in [-0.2, -0.15) is 4.99 Å². The molecule has 2 atom stereocenters. The molecule has 1 aromatic carbocycles. The summed E-state index contributed by atoms with van der Waals surface area (Å²) in [5.41, 5.74) is 0.793. The first-order valence-corrected chi connectivity index (χ1v) is 12.9. The number of hydrogen-bond acceptors (Lipinski definition) is 6. The number of aliphatic imine (C=N–C) groups is 1.